The number of rotatable bonds is 5. The van der Waals surface area contributed by atoms with Crippen molar-refractivity contribution in [3.8, 4) is 5.75 Å². The molecule has 0 saturated heterocycles. The van der Waals surface area contributed by atoms with Crippen molar-refractivity contribution < 1.29 is 9.66 Å². The van der Waals surface area contributed by atoms with E-state index in [1.165, 1.54) is 12.1 Å². The Balaban J connectivity index is 2.14. The molecule has 1 radical (unpaired) electrons. The highest BCUT2D eigenvalue weighted by Gasteiger charge is 2.10. The summed E-state index contributed by atoms with van der Waals surface area (Å²) in [5.74, 6) is 0.643. The van der Waals surface area contributed by atoms with Crippen molar-refractivity contribution in [3.05, 3.63) is 76.7 Å². The third-order valence-corrected chi connectivity index (χ3v) is 2.76. The van der Waals surface area contributed by atoms with Gasteiger partial charge in [0.05, 0.1) is 4.92 Å². The molecule has 2 aromatic rings. The molecule has 2 rings (SSSR count). The van der Waals surface area contributed by atoms with E-state index in [0.717, 1.165) is 11.1 Å². The van der Waals surface area contributed by atoms with Crippen molar-refractivity contribution in [2.75, 3.05) is 0 Å². The number of hydrogen-bond acceptors (Lipinski definition) is 3. The van der Waals surface area contributed by atoms with Crippen molar-refractivity contribution in [1.82, 2.24) is 0 Å². The van der Waals surface area contributed by atoms with Gasteiger partial charge in [-0.05, 0) is 25.0 Å². The van der Waals surface area contributed by atoms with E-state index >= 15 is 0 Å². The first-order valence-corrected chi connectivity index (χ1v) is 5.94. The second-order valence-corrected chi connectivity index (χ2v) is 4.07. The molecule has 0 spiro atoms. The summed E-state index contributed by atoms with van der Waals surface area (Å²) < 4.78 is 5.69. The summed E-state index contributed by atoms with van der Waals surface area (Å²) in [5.41, 5.74) is 1.85. The van der Waals surface area contributed by atoms with Gasteiger partial charge in [-0.15, -0.1) is 0 Å². The third-order valence-electron chi connectivity index (χ3n) is 2.76. The second-order valence-electron chi connectivity index (χ2n) is 4.07. The maximum Gasteiger partial charge on any atom is 0.269 e. The molecule has 19 heavy (non-hydrogen) atoms. The molecule has 0 heterocycles. The molecule has 0 fully saturated rings. The highest BCUT2D eigenvalue weighted by atomic mass is 16.6. The predicted octanol–water partition coefficient (Wildman–Crippen LogP) is 3.55. The summed E-state index contributed by atoms with van der Waals surface area (Å²) in [7, 11) is 0. The van der Waals surface area contributed by atoms with Gasteiger partial charge < -0.3 is 4.74 Å². The Morgan fingerprint density at radius 3 is 2.53 bits per heavy atom. The van der Waals surface area contributed by atoms with Crippen LogP contribution >= 0.6 is 0 Å². The molecular formula is C15H14NO3. The minimum Gasteiger partial charge on any atom is -0.489 e. The van der Waals surface area contributed by atoms with E-state index in [1.54, 1.807) is 6.07 Å². The summed E-state index contributed by atoms with van der Waals surface area (Å²) in [6.07, 6.45) is 0.450. The largest absolute Gasteiger partial charge is 0.489 e. The molecule has 0 atom stereocenters. The van der Waals surface area contributed by atoms with Gasteiger partial charge in [0, 0.05) is 17.7 Å². The lowest BCUT2D eigenvalue weighted by Gasteiger charge is -2.10. The number of nitro benzene ring substituents is 1. The number of nitro groups is 1. The molecular weight excluding hydrogens is 242 g/mol. The van der Waals surface area contributed by atoms with Gasteiger partial charge in [0.2, 0.25) is 0 Å². The Hall–Kier alpha value is -2.36. The minimum absolute atomic E-state index is 0.0608. The maximum absolute atomic E-state index is 10.7. The summed E-state index contributed by atoms with van der Waals surface area (Å²) in [4.78, 5) is 10.3. The molecule has 97 valence electrons. The van der Waals surface area contributed by atoms with E-state index in [9.17, 15) is 10.1 Å². The number of nitrogens with zero attached hydrogens (tertiary/aromatic N) is 1. The van der Waals surface area contributed by atoms with Gasteiger partial charge in [0.15, 0.2) is 0 Å². The lowest BCUT2D eigenvalue weighted by Crippen LogP contribution is -1.99. The summed E-state index contributed by atoms with van der Waals surface area (Å²) in [6, 6.07) is 14.3. The Bertz CT molecular complexity index is 567. The number of ether oxygens (including phenoxy) is 1. The molecule has 4 nitrogen and oxygen atoms in total. The van der Waals surface area contributed by atoms with Gasteiger partial charge in [-0.3, -0.25) is 10.1 Å². The van der Waals surface area contributed by atoms with Crippen molar-refractivity contribution >= 4 is 5.69 Å². The Morgan fingerprint density at radius 2 is 1.89 bits per heavy atom. The first kappa shape index (κ1) is 13.1. The van der Waals surface area contributed by atoms with Crippen LogP contribution in [0.3, 0.4) is 0 Å². The smallest absolute Gasteiger partial charge is 0.269 e. The van der Waals surface area contributed by atoms with Gasteiger partial charge in [-0.25, -0.2) is 0 Å². The average molecular weight is 256 g/mol. The lowest BCUT2D eigenvalue weighted by atomic mass is 10.1. The highest BCUT2D eigenvalue weighted by molar-refractivity contribution is 5.44. The van der Waals surface area contributed by atoms with Crippen LogP contribution in [0.15, 0.2) is 48.5 Å². The van der Waals surface area contributed by atoms with Gasteiger partial charge in [0.25, 0.3) is 5.69 Å². The van der Waals surface area contributed by atoms with Crippen molar-refractivity contribution in [3.63, 3.8) is 0 Å². The zero-order valence-corrected chi connectivity index (χ0v) is 10.4. The monoisotopic (exact) mass is 256 g/mol. The van der Waals surface area contributed by atoms with E-state index < -0.39 is 4.92 Å². The number of hydrogen-bond donors (Lipinski definition) is 0. The molecule has 2 aromatic carbocycles. The van der Waals surface area contributed by atoms with Gasteiger partial charge in [0.1, 0.15) is 12.4 Å². The summed E-state index contributed by atoms with van der Waals surface area (Å²) in [5, 5.41) is 10.7. The van der Waals surface area contributed by atoms with Crippen molar-refractivity contribution in [2.24, 2.45) is 0 Å². The molecule has 0 aromatic heterocycles. The standard InChI is InChI=1S/C15H14NO3/c1-2-13-10-14(16(17)18)8-9-15(13)19-11-12-6-4-3-5-7-12/h3-10H,1-2,11H2. The fraction of sp³-hybridized carbons (Fsp3) is 0.133. The zero-order chi connectivity index (χ0) is 13.7. The molecule has 0 unspecified atom stereocenters. The van der Waals surface area contributed by atoms with Crippen LogP contribution in [0.25, 0.3) is 0 Å². The van der Waals surface area contributed by atoms with Gasteiger partial charge >= 0.3 is 0 Å². The summed E-state index contributed by atoms with van der Waals surface area (Å²) >= 11 is 0. The topological polar surface area (TPSA) is 52.4 Å². The number of non-ortho nitro benzene ring substituents is 1. The second kappa shape index (κ2) is 6.00. The fourth-order valence-corrected chi connectivity index (χ4v) is 1.75. The quantitative estimate of drug-likeness (QED) is 0.607. The molecule has 0 aliphatic heterocycles. The molecule has 0 saturated carbocycles. The Labute approximate surface area is 111 Å². The average Bonchev–Trinajstić information content (AvgIpc) is 2.45. The van der Waals surface area contributed by atoms with E-state index in [-0.39, 0.29) is 5.69 Å². The first-order valence-electron chi connectivity index (χ1n) is 5.94. The lowest BCUT2D eigenvalue weighted by molar-refractivity contribution is -0.384. The van der Waals surface area contributed by atoms with Gasteiger partial charge in [-0.2, -0.15) is 0 Å². The van der Waals surface area contributed by atoms with Crippen LogP contribution < -0.4 is 4.74 Å². The fourth-order valence-electron chi connectivity index (χ4n) is 1.75. The molecule has 0 bridgehead atoms. The molecule has 0 aliphatic rings. The van der Waals surface area contributed by atoms with E-state index in [0.29, 0.717) is 18.8 Å². The first-order chi connectivity index (χ1) is 9.20. The molecule has 0 aliphatic carbocycles. The number of benzene rings is 2. The van der Waals surface area contributed by atoms with Crippen LogP contribution in [0, 0.1) is 17.0 Å². The van der Waals surface area contributed by atoms with Crippen LogP contribution in [-0.2, 0) is 13.0 Å². The minimum atomic E-state index is -0.417. The van der Waals surface area contributed by atoms with Gasteiger partial charge in [-0.1, -0.05) is 30.3 Å². The van der Waals surface area contributed by atoms with Crippen LogP contribution in [-0.4, -0.2) is 4.92 Å². The highest BCUT2D eigenvalue weighted by Crippen LogP contribution is 2.25. The molecule has 0 N–H and O–H groups in total. The molecule has 0 amide bonds. The third kappa shape index (κ3) is 3.31. The van der Waals surface area contributed by atoms with E-state index in [2.05, 4.69) is 6.92 Å². The predicted molar refractivity (Wildman–Crippen MR) is 72.9 cm³/mol. The SMILES string of the molecule is [CH2]Cc1cc([N+](=O)[O-])ccc1OCc1ccccc1. The maximum atomic E-state index is 10.7. The Morgan fingerprint density at radius 1 is 1.16 bits per heavy atom. The van der Waals surface area contributed by atoms with Crippen LogP contribution in [0.5, 0.6) is 5.75 Å². The van der Waals surface area contributed by atoms with Crippen LogP contribution in [0.4, 0.5) is 5.69 Å². The summed E-state index contributed by atoms with van der Waals surface area (Å²) in [6.45, 7) is 4.21. The van der Waals surface area contributed by atoms with E-state index in [4.69, 9.17) is 4.74 Å². The Kier molecular flexibility index (Phi) is 4.13. The van der Waals surface area contributed by atoms with E-state index in [1.807, 2.05) is 30.3 Å². The molecule has 4 heteroatoms. The van der Waals surface area contributed by atoms with Crippen molar-refractivity contribution in [2.45, 2.75) is 13.0 Å². The van der Waals surface area contributed by atoms with Crippen LogP contribution in [0.2, 0.25) is 0 Å². The normalized spacial score (nSPS) is 10.2. The zero-order valence-electron chi connectivity index (χ0n) is 10.4. The van der Waals surface area contributed by atoms with Crippen LogP contribution in [0.1, 0.15) is 11.1 Å². The van der Waals surface area contributed by atoms with Crippen molar-refractivity contribution in [1.29, 1.82) is 0 Å².